The number of carbonyl (C=O) groups is 1. The first-order chi connectivity index (χ1) is 9.43. The first kappa shape index (κ1) is 15.0. The first-order valence-corrected chi connectivity index (χ1v) is 7.46. The van der Waals surface area contributed by atoms with E-state index in [0.29, 0.717) is 11.3 Å². The lowest BCUT2D eigenvalue weighted by atomic mass is 9.71. The van der Waals surface area contributed by atoms with Crippen LogP contribution in [0.25, 0.3) is 0 Å². The minimum atomic E-state index is -0.848. The quantitative estimate of drug-likeness (QED) is 0.884. The molecule has 20 heavy (non-hydrogen) atoms. The highest BCUT2D eigenvalue weighted by molar-refractivity contribution is 5.76. The minimum Gasteiger partial charge on any atom is -0.481 e. The van der Waals surface area contributed by atoms with Crippen LogP contribution in [0, 0.1) is 5.41 Å². The molecule has 0 saturated heterocycles. The molecule has 0 aliphatic heterocycles. The second kappa shape index (κ2) is 5.96. The molecule has 0 amide bonds. The summed E-state index contributed by atoms with van der Waals surface area (Å²) in [4.78, 5) is 11.1. The summed E-state index contributed by atoms with van der Waals surface area (Å²) in [6.07, 6.45) is 4.98. The van der Waals surface area contributed by atoms with Gasteiger partial charge >= 0.3 is 5.97 Å². The van der Waals surface area contributed by atoms with Gasteiger partial charge in [0.25, 0.3) is 0 Å². The number of nitrogens with two attached hydrogens (primary N) is 1. The minimum absolute atomic E-state index is 0.145. The summed E-state index contributed by atoms with van der Waals surface area (Å²) in [6.45, 7) is 4.82. The van der Waals surface area contributed by atoms with Crippen molar-refractivity contribution in [3.63, 3.8) is 0 Å². The summed E-state index contributed by atoms with van der Waals surface area (Å²) in [7, 11) is 0. The predicted molar refractivity (Wildman–Crippen MR) is 80.9 cm³/mol. The third kappa shape index (κ3) is 3.40. The van der Waals surface area contributed by atoms with Crippen LogP contribution in [0.15, 0.2) is 24.3 Å². The lowest BCUT2D eigenvalue weighted by Crippen LogP contribution is -2.21. The zero-order chi connectivity index (χ0) is 14.8. The molecule has 1 aliphatic rings. The molecule has 1 fully saturated rings. The summed E-state index contributed by atoms with van der Waals surface area (Å²) in [5, 5.41) is 9.12. The van der Waals surface area contributed by atoms with Gasteiger partial charge in [0.2, 0.25) is 0 Å². The Kier molecular flexibility index (Phi) is 4.48. The van der Waals surface area contributed by atoms with E-state index in [1.165, 1.54) is 31.2 Å². The zero-order valence-electron chi connectivity index (χ0n) is 12.4. The van der Waals surface area contributed by atoms with Gasteiger partial charge in [-0.2, -0.15) is 0 Å². The van der Waals surface area contributed by atoms with E-state index in [0.717, 1.165) is 5.56 Å². The average molecular weight is 275 g/mol. The van der Waals surface area contributed by atoms with Crippen LogP contribution in [0.3, 0.4) is 0 Å². The van der Waals surface area contributed by atoms with Crippen molar-refractivity contribution < 1.29 is 9.90 Å². The molecule has 1 unspecified atom stereocenters. The van der Waals surface area contributed by atoms with Crippen molar-refractivity contribution in [2.75, 3.05) is 6.54 Å². The second-order valence-electron chi connectivity index (χ2n) is 6.73. The van der Waals surface area contributed by atoms with Crippen molar-refractivity contribution >= 4 is 5.97 Å². The summed E-state index contributed by atoms with van der Waals surface area (Å²) in [6, 6.07) is 8.04. The fourth-order valence-corrected chi connectivity index (χ4v) is 3.11. The van der Waals surface area contributed by atoms with Gasteiger partial charge in [-0.05, 0) is 48.1 Å². The van der Waals surface area contributed by atoms with E-state index < -0.39 is 11.9 Å². The summed E-state index contributed by atoms with van der Waals surface area (Å²) < 4.78 is 0. The molecule has 3 heteroatoms. The maximum atomic E-state index is 11.1. The van der Waals surface area contributed by atoms with Crippen molar-refractivity contribution in [2.45, 2.75) is 51.4 Å². The standard InChI is InChI=1S/C17H25NO2/c1-17(2)9-7-13(8-10-17)12-3-5-14(6-4-12)15(11-18)16(19)20/h3-6,13,15H,7-11,18H2,1-2H3,(H,19,20). The molecule has 0 spiro atoms. The highest BCUT2D eigenvalue weighted by Crippen LogP contribution is 2.42. The van der Waals surface area contributed by atoms with Crippen LogP contribution in [0.4, 0.5) is 0 Å². The molecule has 1 aromatic carbocycles. The van der Waals surface area contributed by atoms with Gasteiger partial charge in [0.1, 0.15) is 0 Å². The molecule has 1 saturated carbocycles. The second-order valence-corrected chi connectivity index (χ2v) is 6.73. The van der Waals surface area contributed by atoms with Crippen molar-refractivity contribution in [1.29, 1.82) is 0 Å². The fraction of sp³-hybridized carbons (Fsp3) is 0.588. The Hall–Kier alpha value is -1.35. The van der Waals surface area contributed by atoms with Gasteiger partial charge in [0.15, 0.2) is 0 Å². The maximum Gasteiger partial charge on any atom is 0.312 e. The Bertz CT molecular complexity index is 454. The van der Waals surface area contributed by atoms with E-state index in [9.17, 15) is 4.79 Å². The molecular weight excluding hydrogens is 250 g/mol. The molecule has 2 rings (SSSR count). The van der Waals surface area contributed by atoms with E-state index in [2.05, 4.69) is 26.0 Å². The third-order valence-electron chi connectivity index (χ3n) is 4.68. The molecule has 1 aliphatic carbocycles. The molecule has 0 radical (unpaired) electrons. The summed E-state index contributed by atoms with van der Waals surface area (Å²) >= 11 is 0. The number of hydrogen-bond acceptors (Lipinski definition) is 2. The topological polar surface area (TPSA) is 63.3 Å². The number of aliphatic carboxylic acids is 1. The smallest absolute Gasteiger partial charge is 0.312 e. The van der Waals surface area contributed by atoms with E-state index in [1.54, 1.807) is 0 Å². The Morgan fingerprint density at radius 2 is 1.85 bits per heavy atom. The Balaban J connectivity index is 2.07. The normalized spacial score (nSPS) is 20.6. The van der Waals surface area contributed by atoms with Gasteiger partial charge in [0.05, 0.1) is 5.92 Å². The first-order valence-electron chi connectivity index (χ1n) is 7.46. The van der Waals surface area contributed by atoms with Crippen molar-refractivity contribution in [3.8, 4) is 0 Å². The molecule has 1 atom stereocenters. The van der Waals surface area contributed by atoms with Crippen LogP contribution < -0.4 is 5.73 Å². The Morgan fingerprint density at radius 3 is 2.30 bits per heavy atom. The number of benzene rings is 1. The number of hydrogen-bond donors (Lipinski definition) is 2. The van der Waals surface area contributed by atoms with Gasteiger partial charge in [-0.3, -0.25) is 4.79 Å². The monoisotopic (exact) mass is 275 g/mol. The molecule has 0 aromatic heterocycles. The van der Waals surface area contributed by atoms with Crippen LogP contribution >= 0.6 is 0 Å². The van der Waals surface area contributed by atoms with Gasteiger partial charge in [-0.25, -0.2) is 0 Å². The van der Waals surface area contributed by atoms with Crippen LogP contribution in [0.5, 0.6) is 0 Å². The van der Waals surface area contributed by atoms with Gasteiger partial charge in [0, 0.05) is 6.54 Å². The largest absolute Gasteiger partial charge is 0.481 e. The summed E-state index contributed by atoms with van der Waals surface area (Å²) in [5.41, 5.74) is 8.16. The molecular formula is C17H25NO2. The maximum absolute atomic E-state index is 11.1. The van der Waals surface area contributed by atoms with Crippen LogP contribution in [-0.2, 0) is 4.79 Å². The molecule has 3 N–H and O–H groups in total. The van der Waals surface area contributed by atoms with E-state index >= 15 is 0 Å². The molecule has 3 nitrogen and oxygen atoms in total. The predicted octanol–water partition coefficient (Wildman–Crippen LogP) is 3.50. The van der Waals surface area contributed by atoms with Gasteiger partial charge in [-0.15, -0.1) is 0 Å². The number of rotatable bonds is 4. The molecule has 0 heterocycles. The molecule has 0 bridgehead atoms. The van der Waals surface area contributed by atoms with Gasteiger partial charge in [-0.1, -0.05) is 38.1 Å². The Labute approximate surface area is 121 Å². The van der Waals surface area contributed by atoms with Crippen LogP contribution in [0.2, 0.25) is 0 Å². The average Bonchev–Trinajstić information content (AvgIpc) is 2.40. The van der Waals surface area contributed by atoms with Crippen molar-refractivity contribution in [2.24, 2.45) is 11.1 Å². The van der Waals surface area contributed by atoms with Crippen molar-refractivity contribution in [3.05, 3.63) is 35.4 Å². The van der Waals surface area contributed by atoms with Crippen LogP contribution in [-0.4, -0.2) is 17.6 Å². The highest BCUT2D eigenvalue weighted by atomic mass is 16.4. The Morgan fingerprint density at radius 1 is 1.30 bits per heavy atom. The lowest BCUT2D eigenvalue weighted by Gasteiger charge is -2.34. The lowest BCUT2D eigenvalue weighted by molar-refractivity contribution is -0.138. The number of carboxylic acid groups (broad SMARTS) is 1. The van der Waals surface area contributed by atoms with Gasteiger partial charge < -0.3 is 10.8 Å². The highest BCUT2D eigenvalue weighted by Gasteiger charge is 2.27. The number of carboxylic acids is 1. The molecule has 1 aromatic rings. The van der Waals surface area contributed by atoms with Crippen molar-refractivity contribution in [1.82, 2.24) is 0 Å². The SMILES string of the molecule is CC1(C)CCC(c2ccc(C(CN)C(=O)O)cc2)CC1. The molecule has 110 valence electrons. The summed E-state index contributed by atoms with van der Waals surface area (Å²) in [5.74, 6) is -0.813. The third-order valence-corrected chi connectivity index (χ3v) is 4.68. The van der Waals surface area contributed by atoms with Crippen LogP contribution in [0.1, 0.15) is 62.5 Å². The van der Waals surface area contributed by atoms with E-state index in [-0.39, 0.29) is 6.54 Å². The fourth-order valence-electron chi connectivity index (χ4n) is 3.11. The van der Waals surface area contributed by atoms with E-state index in [1.807, 2.05) is 12.1 Å². The zero-order valence-corrected chi connectivity index (χ0v) is 12.4. The van der Waals surface area contributed by atoms with E-state index in [4.69, 9.17) is 10.8 Å².